The second kappa shape index (κ2) is 4.66. The molecule has 0 radical (unpaired) electrons. The first-order valence-electron chi connectivity index (χ1n) is 4.83. The van der Waals surface area contributed by atoms with Gasteiger partial charge in [0.25, 0.3) is 5.91 Å². The minimum Gasteiger partial charge on any atom is -0.475 e. The number of carboxylic acids is 1. The molecule has 1 aromatic carbocycles. The van der Waals surface area contributed by atoms with Crippen LogP contribution in [0.5, 0.6) is 0 Å². The fourth-order valence-corrected chi connectivity index (χ4v) is 1.21. The molecule has 18 heavy (non-hydrogen) atoms. The summed E-state index contributed by atoms with van der Waals surface area (Å²) in [6.45, 7) is 0. The van der Waals surface area contributed by atoms with E-state index >= 15 is 0 Å². The molecule has 0 unspecified atom stereocenters. The molecule has 1 amide bonds. The normalized spacial score (nSPS) is 10.1. The van der Waals surface area contributed by atoms with Crippen LogP contribution in [0.4, 0.5) is 10.1 Å². The summed E-state index contributed by atoms with van der Waals surface area (Å²) in [7, 11) is 0. The Morgan fingerprint density at radius 2 is 1.94 bits per heavy atom. The molecule has 0 aliphatic heterocycles. The molecule has 7 heteroatoms. The zero-order chi connectivity index (χ0) is 13.1. The maximum absolute atomic E-state index is 12.6. The highest BCUT2D eigenvalue weighted by Crippen LogP contribution is 2.11. The molecule has 0 spiro atoms. The Morgan fingerprint density at radius 1 is 1.28 bits per heavy atom. The molecule has 0 atom stereocenters. The van der Waals surface area contributed by atoms with Gasteiger partial charge >= 0.3 is 5.97 Å². The molecule has 1 heterocycles. The lowest BCUT2D eigenvalue weighted by Gasteiger charge is -2.01. The smallest absolute Gasteiger partial charge is 0.374 e. The first kappa shape index (κ1) is 11.8. The van der Waals surface area contributed by atoms with Crippen molar-refractivity contribution in [3.63, 3.8) is 0 Å². The van der Waals surface area contributed by atoms with Gasteiger partial charge in [-0.15, -0.1) is 0 Å². The van der Waals surface area contributed by atoms with Gasteiger partial charge in [0, 0.05) is 11.8 Å². The molecule has 2 N–H and O–H groups in total. The van der Waals surface area contributed by atoms with Crippen LogP contribution < -0.4 is 5.32 Å². The molecule has 0 saturated carbocycles. The largest absolute Gasteiger partial charge is 0.475 e. The van der Waals surface area contributed by atoms with Crippen molar-refractivity contribution in [2.24, 2.45) is 0 Å². The highest BCUT2D eigenvalue weighted by atomic mass is 19.1. The Bertz CT molecular complexity index is 591. The van der Waals surface area contributed by atoms with E-state index in [0.29, 0.717) is 5.69 Å². The highest BCUT2D eigenvalue weighted by molar-refractivity contribution is 6.03. The Hall–Kier alpha value is -2.70. The molecule has 2 aromatic rings. The lowest BCUT2D eigenvalue weighted by Crippen LogP contribution is -2.12. The quantitative estimate of drug-likeness (QED) is 0.865. The number of nitrogens with one attached hydrogen (secondary N) is 1. The number of halogens is 1. The monoisotopic (exact) mass is 250 g/mol. The summed E-state index contributed by atoms with van der Waals surface area (Å²) < 4.78 is 17.1. The fourth-order valence-electron chi connectivity index (χ4n) is 1.21. The molecular weight excluding hydrogens is 243 g/mol. The van der Waals surface area contributed by atoms with Gasteiger partial charge in [0.05, 0.1) is 0 Å². The SMILES string of the molecule is O=C(Nc1ccc(F)cc1)c1cc(C(=O)O)on1. The van der Waals surface area contributed by atoms with Crippen LogP contribution in [0.2, 0.25) is 0 Å². The van der Waals surface area contributed by atoms with Gasteiger partial charge in [0.1, 0.15) is 5.82 Å². The van der Waals surface area contributed by atoms with Crippen molar-refractivity contribution >= 4 is 17.6 Å². The number of carboxylic acid groups (broad SMARTS) is 1. The summed E-state index contributed by atoms with van der Waals surface area (Å²) in [4.78, 5) is 22.1. The minimum atomic E-state index is -1.32. The van der Waals surface area contributed by atoms with Crippen LogP contribution in [0.3, 0.4) is 0 Å². The maximum atomic E-state index is 12.6. The molecule has 2 rings (SSSR count). The first-order chi connectivity index (χ1) is 8.56. The van der Waals surface area contributed by atoms with E-state index in [1.54, 1.807) is 0 Å². The Labute approximate surface area is 100 Å². The molecule has 0 fully saturated rings. The Balaban J connectivity index is 2.11. The zero-order valence-corrected chi connectivity index (χ0v) is 8.88. The van der Waals surface area contributed by atoms with Crippen molar-refractivity contribution in [1.82, 2.24) is 5.16 Å². The van der Waals surface area contributed by atoms with Gasteiger partial charge < -0.3 is 14.9 Å². The lowest BCUT2D eigenvalue weighted by atomic mass is 10.3. The summed E-state index contributed by atoms with van der Waals surface area (Å²) in [6, 6.07) is 6.10. The number of aromatic nitrogens is 1. The summed E-state index contributed by atoms with van der Waals surface area (Å²) in [5.74, 6) is -2.82. The highest BCUT2D eigenvalue weighted by Gasteiger charge is 2.16. The van der Waals surface area contributed by atoms with Gasteiger partial charge in [0.2, 0.25) is 5.76 Å². The molecule has 0 bridgehead atoms. The number of nitrogens with zero attached hydrogens (tertiary/aromatic N) is 1. The second-order valence-electron chi connectivity index (χ2n) is 3.34. The number of rotatable bonds is 3. The standard InChI is InChI=1S/C11H7FN2O4/c12-6-1-3-7(4-2-6)13-10(15)8-5-9(11(16)17)18-14-8/h1-5H,(H,13,15)(H,16,17). The zero-order valence-electron chi connectivity index (χ0n) is 8.88. The third-order valence-electron chi connectivity index (χ3n) is 2.06. The maximum Gasteiger partial charge on any atom is 0.374 e. The van der Waals surface area contributed by atoms with E-state index in [1.165, 1.54) is 24.3 Å². The van der Waals surface area contributed by atoms with E-state index in [4.69, 9.17) is 5.11 Å². The summed E-state index contributed by atoms with van der Waals surface area (Å²) in [5, 5.41) is 14.3. The summed E-state index contributed by atoms with van der Waals surface area (Å²) in [6.07, 6.45) is 0. The first-order valence-corrected chi connectivity index (χ1v) is 4.83. The van der Waals surface area contributed by atoms with Gasteiger partial charge in [-0.3, -0.25) is 4.79 Å². The number of anilines is 1. The van der Waals surface area contributed by atoms with Crippen molar-refractivity contribution in [2.45, 2.75) is 0 Å². The summed E-state index contributed by atoms with van der Waals surface area (Å²) in [5.41, 5.74) is 0.193. The second-order valence-corrected chi connectivity index (χ2v) is 3.34. The molecule has 0 saturated heterocycles. The van der Waals surface area contributed by atoms with Gasteiger partial charge in [-0.25, -0.2) is 9.18 Å². The number of carbonyl (C=O) groups is 2. The van der Waals surface area contributed by atoms with Crippen LogP contribution in [-0.2, 0) is 0 Å². The third-order valence-corrected chi connectivity index (χ3v) is 2.06. The number of aromatic carboxylic acids is 1. The van der Waals surface area contributed by atoms with Crippen LogP contribution in [0.1, 0.15) is 21.0 Å². The van der Waals surface area contributed by atoms with Gasteiger partial charge in [-0.2, -0.15) is 0 Å². The van der Waals surface area contributed by atoms with Crippen molar-refractivity contribution in [3.8, 4) is 0 Å². The van der Waals surface area contributed by atoms with Crippen molar-refractivity contribution in [2.75, 3.05) is 5.32 Å². The molecular formula is C11H7FN2O4. The van der Waals surface area contributed by atoms with Crippen LogP contribution in [-0.4, -0.2) is 22.1 Å². The molecule has 0 aliphatic rings. The Morgan fingerprint density at radius 3 is 2.50 bits per heavy atom. The average molecular weight is 250 g/mol. The number of hydrogen-bond acceptors (Lipinski definition) is 4. The number of benzene rings is 1. The molecule has 6 nitrogen and oxygen atoms in total. The van der Waals surface area contributed by atoms with Crippen molar-refractivity contribution in [3.05, 3.63) is 47.6 Å². The van der Waals surface area contributed by atoms with Crippen molar-refractivity contribution < 1.29 is 23.6 Å². The topological polar surface area (TPSA) is 92.4 Å². The summed E-state index contributed by atoms with van der Waals surface area (Å²) >= 11 is 0. The van der Waals surface area contributed by atoms with E-state index in [0.717, 1.165) is 6.07 Å². The number of hydrogen-bond donors (Lipinski definition) is 2. The van der Waals surface area contributed by atoms with Crippen molar-refractivity contribution in [1.29, 1.82) is 0 Å². The van der Waals surface area contributed by atoms with E-state index in [-0.39, 0.29) is 5.69 Å². The molecule has 1 aromatic heterocycles. The Kier molecular flexibility index (Phi) is 3.05. The van der Waals surface area contributed by atoms with Gasteiger partial charge in [-0.1, -0.05) is 5.16 Å². The van der Waals surface area contributed by atoms with E-state index < -0.39 is 23.5 Å². The van der Waals surface area contributed by atoms with Crippen LogP contribution >= 0.6 is 0 Å². The van der Waals surface area contributed by atoms with Crippen LogP contribution in [0.25, 0.3) is 0 Å². The predicted molar refractivity (Wildman–Crippen MR) is 57.8 cm³/mol. The number of amides is 1. The lowest BCUT2D eigenvalue weighted by molar-refractivity contribution is 0.0651. The number of carbonyl (C=O) groups excluding carboxylic acids is 1. The average Bonchev–Trinajstić information content (AvgIpc) is 2.81. The molecule has 92 valence electrons. The predicted octanol–water partition coefficient (Wildman–Crippen LogP) is 1.76. The van der Waals surface area contributed by atoms with E-state index in [9.17, 15) is 14.0 Å². The van der Waals surface area contributed by atoms with E-state index in [2.05, 4.69) is 15.0 Å². The van der Waals surface area contributed by atoms with E-state index in [1.807, 2.05) is 0 Å². The van der Waals surface area contributed by atoms with Gasteiger partial charge in [0.15, 0.2) is 5.69 Å². The van der Waals surface area contributed by atoms with Crippen LogP contribution in [0, 0.1) is 5.82 Å². The minimum absolute atomic E-state index is 0.170. The molecule has 0 aliphatic carbocycles. The fraction of sp³-hybridized carbons (Fsp3) is 0. The third kappa shape index (κ3) is 2.51. The van der Waals surface area contributed by atoms with Gasteiger partial charge in [-0.05, 0) is 24.3 Å². The van der Waals surface area contributed by atoms with Crippen LogP contribution in [0.15, 0.2) is 34.9 Å².